The van der Waals surface area contributed by atoms with Crippen molar-refractivity contribution in [3.63, 3.8) is 0 Å². The minimum Gasteiger partial charge on any atom is -0.319 e. The molecule has 0 aliphatic carbocycles. The summed E-state index contributed by atoms with van der Waals surface area (Å²) >= 11 is 1.47. The number of hydrogen-bond acceptors (Lipinski definition) is 4. The summed E-state index contributed by atoms with van der Waals surface area (Å²) in [5.41, 5.74) is 4.25. The molecule has 1 heterocycles. The molecule has 0 saturated carbocycles. The normalized spacial score (nSPS) is 12.3. The minimum absolute atomic E-state index is 0.128. The zero-order chi connectivity index (χ0) is 23.8. The lowest BCUT2D eigenvalue weighted by atomic mass is 10.1. The van der Waals surface area contributed by atoms with Crippen LogP contribution in [0.15, 0.2) is 76.6 Å². The zero-order valence-corrected chi connectivity index (χ0v) is 20.6. The van der Waals surface area contributed by atoms with Crippen LogP contribution in [-0.2, 0) is 17.1 Å². The molecule has 0 saturated heterocycles. The lowest BCUT2D eigenvalue weighted by Gasteiger charge is -2.22. The van der Waals surface area contributed by atoms with E-state index in [4.69, 9.17) is 0 Å². The van der Waals surface area contributed by atoms with Gasteiger partial charge in [0.15, 0.2) is 4.80 Å². The van der Waals surface area contributed by atoms with Crippen LogP contribution in [-0.4, -0.2) is 25.4 Å². The Balaban J connectivity index is 1.67. The molecule has 8 heteroatoms. The third-order valence-electron chi connectivity index (χ3n) is 5.56. The minimum atomic E-state index is -3.75. The largest absolute Gasteiger partial charge is 0.319 e. The first-order valence-electron chi connectivity index (χ1n) is 10.6. The van der Waals surface area contributed by atoms with Crippen molar-refractivity contribution in [2.45, 2.75) is 25.7 Å². The Morgan fingerprint density at radius 3 is 2.21 bits per heavy atom. The summed E-state index contributed by atoms with van der Waals surface area (Å²) < 4.78 is 30.7. The highest BCUT2D eigenvalue weighted by atomic mass is 32.2. The summed E-state index contributed by atoms with van der Waals surface area (Å²) in [7, 11) is -1.85. The van der Waals surface area contributed by atoms with Gasteiger partial charge in [-0.2, -0.15) is 4.99 Å². The van der Waals surface area contributed by atoms with Gasteiger partial charge in [-0.15, -0.1) is 0 Å². The SMILES string of the molecule is CCN(c1ccccc1)S(=O)(=O)c1ccc(C(=O)N=c2sc3c(C)ccc(C)c3n2C)cc1. The van der Waals surface area contributed by atoms with Gasteiger partial charge in [-0.1, -0.05) is 41.7 Å². The van der Waals surface area contributed by atoms with E-state index in [1.807, 2.05) is 31.5 Å². The first-order chi connectivity index (χ1) is 15.7. The molecule has 0 N–H and O–H groups in total. The fourth-order valence-electron chi connectivity index (χ4n) is 3.80. The van der Waals surface area contributed by atoms with Crippen molar-refractivity contribution < 1.29 is 13.2 Å². The summed E-state index contributed by atoms with van der Waals surface area (Å²) in [6.45, 7) is 6.16. The van der Waals surface area contributed by atoms with Gasteiger partial charge in [0.2, 0.25) is 0 Å². The van der Waals surface area contributed by atoms with Crippen molar-refractivity contribution in [3.8, 4) is 0 Å². The summed E-state index contributed by atoms with van der Waals surface area (Å²) in [6, 6.07) is 19.0. The number of sulfonamides is 1. The van der Waals surface area contributed by atoms with Gasteiger partial charge >= 0.3 is 0 Å². The number of aromatic nitrogens is 1. The molecule has 4 rings (SSSR count). The van der Waals surface area contributed by atoms with Crippen molar-refractivity contribution in [2.75, 3.05) is 10.8 Å². The average molecular weight is 480 g/mol. The van der Waals surface area contributed by atoms with E-state index in [1.54, 1.807) is 31.2 Å². The molecule has 1 amide bonds. The Bertz CT molecular complexity index is 1500. The van der Waals surface area contributed by atoms with Crippen LogP contribution in [0.4, 0.5) is 5.69 Å². The van der Waals surface area contributed by atoms with Gasteiger partial charge in [0.25, 0.3) is 15.9 Å². The zero-order valence-electron chi connectivity index (χ0n) is 18.9. The number of carbonyl (C=O) groups excluding carboxylic acids is 1. The summed E-state index contributed by atoms with van der Waals surface area (Å²) in [6.07, 6.45) is 0. The van der Waals surface area contributed by atoms with E-state index in [2.05, 4.69) is 17.1 Å². The predicted octanol–water partition coefficient (Wildman–Crippen LogP) is 4.81. The molecule has 6 nitrogen and oxygen atoms in total. The van der Waals surface area contributed by atoms with Crippen LogP contribution < -0.4 is 9.11 Å². The summed E-state index contributed by atoms with van der Waals surface area (Å²) in [4.78, 5) is 17.9. The van der Waals surface area contributed by atoms with Crippen LogP contribution in [0.2, 0.25) is 0 Å². The van der Waals surface area contributed by atoms with Gasteiger partial charge < -0.3 is 4.57 Å². The highest BCUT2D eigenvalue weighted by Gasteiger charge is 2.23. The Morgan fingerprint density at radius 2 is 1.61 bits per heavy atom. The Kier molecular flexibility index (Phi) is 6.23. The molecule has 0 radical (unpaired) electrons. The molecule has 0 unspecified atom stereocenters. The van der Waals surface area contributed by atoms with Crippen molar-refractivity contribution in [3.05, 3.63) is 88.2 Å². The maximum absolute atomic E-state index is 13.2. The Morgan fingerprint density at radius 1 is 0.970 bits per heavy atom. The van der Waals surface area contributed by atoms with Crippen LogP contribution in [0.25, 0.3) is 10.2 Å². The third kappa shape index (κ3) is 4.24. The van der Waals surface area contributed by atoms with Gasteiger partial charge in [-0.25, -0.2) is 8.42 Å². The highest BCUT2D eigenvalue weighted by molar-refractivity contribution is 7.92. The van der Waals surface area contributed by atoms with E-state index in [-0.39, 0.29) is 4.90 Å². The fraction of sp³-hybridized carbons (Fsp3) is 0.200. The predicted molar refractivity (Wildman–Crippen MR) is 133 cm³/mol. The van der Waals surface area contributed by atoms with Crippen molar-refractivity contribution in [1.82, 2.24) is 4.57 Å². The maximum Gasteiger partial charge on any atom is 0.279 e. The van der Waals surface area contributed by atoms with Crippen LogP contribution >= 0.6 is 11.3 Å². The second kappa shape index (κ2) is 8.96. The molecular weight excluding hydrogens is 454 g/mol. The number of nitrogens with zero attached hydrogens (tertiary/aromatic N) is 3. The van der Waals surface area contributed by atoms with Crippen LogP contribution in [0, 0.1) is 13.8 Å². The molecule has 0 aliphatic rings. The molecule has 33 heavy (non-hydrogen) atoms. The molecule has 170 valence electrons. The molecule has 3 aromatic carbocycles. The number of aryl methyl sites for hydroxylation is 3. The van der Waals surface area contributed by atoms with Crippen molar-refractivity contribution >= 4 is 43.2 Å². The number of rotatable bonds is 5. The van der Waals surface area contributed by atoms with Gasteiger partial charge in [-0.05, 0) is 68.3 Å². The molecule has 0 spiro atoms. The molecule has 0 atom stereocenters. The Hall–Kier alpha value is -3.23. The average Bonchev–Trinajstić information content (AvgIpc) is 3.14. The highest BCUT2D eigenvalue weighted by Crippen LogP contribution is 2.25. The first kappa shape index (κ1) is 22.9. The van der Waals surface area contributed by atoms with Crippen molar-refractivity contribution in [1.29, 1.82) is 0 Å². The van der Waals surface area contributed by atoms with Crippen LogP contribution in [0.1, 0.15) is 28.4 Å². The lowest BCUT2D eigenvalue weighted by molar-refractivity contribution is 0.0998. The number of anilines is 1. The Labute approximate surface area is 197 Å². The second-order valence-corrected chi connectivity index (χ2v) is 10.6. The first-order valence-corrected chi connectivity index (χ1v) is 12.8. The monoisotopic (exact) mass is 479 g/mol. The number of para-hydroxylation sites is 1. The number of fused-ring (bicyclic) bond motifs is 1. The maximum atomic E-state index is 13.2. The van der Waals surface area contributed by atoms with E-state index >= 15 is 0 Å². The second-order valence-electron chi connectivity index (χ2n) is 7.77. The number of carbonyl (C=O) groups is 1. The van der Waals surface area contributed by atoms with Gasteiger partial charge in [0.05, 0.1) is 20.8 Å². The van der Waals surface area contributed by atoms with E-state index in [1.165, 1.54) is 39.9 Å². The number of thiazole rings is 1. The van der Waals surface area contributed by atoms with E-state index in [9.17, 15) is 13.2 Å². The van der Waals surface area contributed by atoms with Crippen molar-refractivity contribution in [2.24, 2.45) is 12.0 Å². The molecule has 1 aromatic heterocycles. The quantitative estimate of drug-likeness (QED) is 0.412. The molecule has 4 aromatic rings. The third-order valence-corrected chi connectivity index (χ3v) is 8.75. The van der Waals surface area contributed by atoms with Gasteiger partial charge in [0.1, 0.15) is 0 Å². The van der Waals surface area contributed by atoms with E-state index < -0.39 is 15.9 Å². The molecule has 0 fully saturated rings. The standard InChI is InChI=1S/C25H25N3O3S2/c1-5-28(20-9-7-6-8-10-20)33(30,31)21-15-13-19(14-16-21)24(29)26-25-27(4)22-17(2)11-12-18(3)23(22)32-25/h6-16H,5H2,1-4H3. The summed E-state index contributed by atoms with van der Waals surface area (Å²) in [5, 5.41) is 0. The molecule has 0 aliphatic heterocycles. The molecular formula is C25H25N3O3S2. The smallest absolute Gasteiger partial charge is 0.279 e. The van der Waals surface area contributed by atoms with Crippen LogP contribution in [0.5, 0.6) is 0 Å². The van der Waals surface area contributed by atoms with E-state index in [0.29, 0.717) is 22.6 Å². The van der Waals surface area contributed by atoms with Crippen LogP contribution in [0.3, 0.4) is 0 Å². The molecule has 0 bridgehead atoms. The summed E-state index contributed by atoms with van der Waals surface area (Å²) in [5.74, 6) is -0.410. The fourth-order valence-corrected chi connectivity index (χ4v) is 6.44. The number of hydrogen-bond donors (Lipinski definition) is 0. The number of benzene rings is 3. The lowest BCUT2D eigenvalue weighted by Crippen LogP contribution is -2.30. The van der Waals surface area contributed by atoms with Gasteiger partial charge in [0, 0.05) is 19.2 Å². The van der Waals surface area contributed by atoms with Gasteiger partial charge in [-0.3, -0.25) is 9.10 Å². The topological polar surface area (TPSA) is 71.7 Å². The van der Waals surface area contributed by atoms with E-state index in [0.717, 1.165) is 21.3 Å². The number of amides is 1.